The number of allylic oxidation sites excluding steroid dienone is 1. The number of carbonyl (C=O) groups is 3. The standard InChI is InChI=1S/C39H34O16/c40-23-8-1-20(2-9-23)6-15-32(46)52-19-31-36(50)37(51)38(55-33(47)16-7-22-5-13-27(43)29(45)18-22)39(54-31)53-30-14-10-24(34(48)35(30)49)25(41)11-3-21-4-12-26(42)28(44)17-21/h1-18,31,36-40,42-45,48-51H,19H2/t31-,36-,37+,38-,39-/m1/s1. The van der Waals surface area contributed by atoms with Gasteiger partial charge in [-0.3, -0.25) is 4.79 Å². The molecule has 0 radical (unpaired) electrons. The fourth-order valence-electron chi connectivity index (χ4n) is 5.09. The monoisotopic (exact) mass is 758 g/mol. The van der Waals surface area contributed by atoms with Gasteiger partial charge in [0.25, 0.3) is 0 Å². The van der Waals surface area contributed by atoms with Crippen LogP contribution < -0.4 is 4.74 Å². The lowest BCUT2D eigenvalue weighted by molar-refractivity contribution is -0.282. The van der Waals surface area contributed by atoms with E-state index in [0.717, 1.165) is 36.4 Å². The Hall–Kier alpha value is -7.01. The van der Waals surface area contributed by atoms with Gasteiger partial charge in [0.2, 0.25) is 12.0 Å². The Morgan fingerprint density at radius 2 is 1.18 bits per heavy atom. The molecule has 1 saturated heterocycles. The fraction of sp³-hybridized carbons (Fsp3) is 0.154. The van der Waals surface area contributed by atoms with Crippen LogP contribution in [-0.4, -0.2) is 101 Å². The number of hydrogen-bond donors (Lipinski definition) is 9. The molecule has 4 aromatic rings. The van der Waals surface area contributed by atoms with Crippen LogP contribution in [-0.2, 0) is 23.8 Å². The van der Waals surface area contributed by atoms with E-state index in [1.807, 2.05) is 0 Å². The van der Waals surface area contributed by atoms with Crippen molar-refractivity contribution in [2.75, 3.05) is 6.61 Å². The predicted octanol–water partition coefficient (Wildman–Crippen LogP) is 3.23. The van der Waals surface area contributed by atoms with E-state index in [1.54, 1.807) is 0 Å². The molecule has 16 nitrogen and oxygen atoms in total. The number of aliphatic hydroxyl groups excluding tert-OH is 2. The van der Waals surface area contributed by atoms with Crippen molar-refractivity contribution in [3.8, 4) is 46.0 Å². The number of aromatic hydroxyl groups is 7. The lowest BCUT2D eigenvalue weighted by Crippen LogP contribution is -2.61. The summed E-state index contributed by atoms with van der Waals surface area (Å²) in [5.41, 5.74) is 0.765. The molecule has 0 aliphatic carbocycles. The maximum absolute atomic E-state index is 12.9. The second-order valence-corrected chi connectivity index (χ2v) is 11.9. The normalized spacial score (nSPS) is 19.8. The van der Waals surface area contributed by atoms with E-state index < -0.39 is 89.5 Å². The summed E-state index contributed by atoms with van der Waals surface area (Å²) in [7, 11) is 0. The van der Waals surface area contributed by atoms with E-state index in [1.165, 1.54) is 72.8 Å². The van der Waals surface area contributed by atoms with Crippen molar-refractivity contribution in [2.45, 2.75) is 30.7 Å². The number of aliphatic hydroxyl groups is 2. The first-order valence-electron chi connectivity index (χ1n) is 16.2. The molecule has 55 heavy (non-hydrogen) atoms. The van der Waals surface area contributed by atoms with Crippen molar-refractivity contribution in [2.24, 2.45) is 0 Å². The van der Waals surface area contributed by atoms with Crippen LogP contribution in [0.25, 0.3) is 18.2 Å². The van der Waals surface area contributed by atoms with Gasteiger partial charge in [-0.15, -0.1) is 0 Å². The predicted molar refractivity (Wildman–Crippen MR) is 191 cm³/mol. The number of esters is 2. The molecule has 1 aliphatic rings. The third-order valence-corrected chi connectivity index (χ3v) is 8.05. The van der Waals surface area contributed by atoms with Gasteiger partial charge < -0.3 is 64.9 Å². The molecule has 0 bridgehead atoms. The summed E-state index contributed by atoms with van der Waals surface area (Å²) in [6.45, 7) is -0.655. The van der Waals surface area contributed by atoms with Gasteiger partial charge in [-0.2, -0.15) is 0 Å². The molecule has 0 saturated carbocycles. The molecule has 1 heterocycles. The molecule has 9 N–H and O–H groups in total. The summed E-state index contributed by atoms with van der Waals surface area (Å²) in [6, 6.07) is 15.5. The number of carbonyl (C=O) groups excluding carboxylic acids is 3. The number of ether oxygens (including phenoxy) is 4. The molecule has 0 unspecified atom stereocenters. The first-order chi connectivity index (χ1) is 26.2. The molecule has 1 fully saturated rings. The summed E-state index contributed by atoms with van der Waals surface area (Å²) < 4.78 is 22.0. The summed E-state index contributed by atoms with van der Waals surface area (Å²) in [5.74, 6) is -6.85. The van der Waals surface area contributed by atoms with Gasteiger partial charge in [0.15, 0.2) is 46.4 Å². The zero-order valence-corrected chi connectivity index (χ0v) is 28.4. The van der Waals surface area contributed by atoms with Gasteiger partial charge >= 0.3 is 11.9 Å². The zero-order valence-electron chi connectivity index (χ0n) is 28.4. The largest absolute Gasteiger partial charge is 0.508 e. The average molecular weight is 759 g/mol. The number of benzene rings is 4. The highest BCUT2D eigenvalue weighted by Crippen LogP contribution is 2.40. The minimum atomic E-state index is -1.95. The Morgan fingerprint density at radius 3 is 1.80 bits per heavy atom. The number of phenolic OH excluding ortho intramolecular Hbond substituents is 7. The van der Waals surface area contributed by atoms with Crippen molar-refractivity contribution >= 4 is 35.9 Å². The Balaban J connectivity index is 1.35. The Kier molecular flexibility index (Phi) is 12.3. The second-order valence-electron chi connectivity index (χ2n) is 11.9. The van der Waals surface area contributed by atoms with Crippen LogP contribution in [0.4, 0.5) is 0 Å². The topological polar surface area (TPSA) is 270 Å². The molecule has 286 valence electrons. The van der Waals surface area contributed by atoms with Crippen LogP contribution >= 0.6 is 0 Å². The van der Waals surface area contributed by atoms with Crippen LogP contribution in [0.1, 0.15) is 27.0 Å². The number of rotatable bonds is 12. The minimum absolute atomic E-state index is 0.0192. The van der Waals surface area contributed by atoms with E-state index >= 15 is 0 Å². The highest BCUT2D eigenvalue weighted by atomic mass is 16.7. The first kappa shape index (κ1) is 39.2. The third kappa shape index (κ3) is 9.91. The smallest absolute Gasteiger partial charge is 0.331 e. The maximum atomic E-state index is 12.9. The summed E-state index contributed by atoms with van der Waals surface area (Å²) in [5, 5.41) is 91.4. The SMILES string of the molecule is O=C(C=Cc1ccc(O)cc1)OC[C@H]1O[C@@H](Oc2ccc(C(=O)C=Cc3ccc(O)c(O)c3)c(O)c2O)[C@H](OC(=O)C=Cc2ccc(O)c(O)c2)[C@@H](O)[C@@H]1O. The van der Waals surface area contributed by atoms with Crippen LogP contribution in [0, 0.1) is 0 Å². The summed E-state index contributed by atoms with van der Waals surface area (Å²) >= 11 is 0. The van der Waals surface area contributed by atoms with Crippen molar-refractivity contribution in [1.82, 2.24) is 0 Å². The summed E-state index contributed by atoms with van der Waals surface area (Å²) in [6.07, 6.45) is -2.12. The van der Waals surface area contributed by atoms with Crippen molar-refractivity contribution in [1.29, 1.82) is 0 Å². The van der Waals surface area contributed by atoms with Crippen LogP contribution in [0.2, 0.25) is 0 Å². The van der Waals surface area contributed by atoms with E-state index in [2.05, 4.69) is 0 Å². The molecule has 0 aromatic heterocycles. The van der Waals surface area contributed by atoms with Crippen molar-refractivity contribution in [3.63, 3.8) is 0 Å². The molecular formula is C39H34O16. The number of ketones is 1. The van der Waals surface area contributed by atoms with E-state index in [-0.39, 0.29) is 22.6 Å². The lowest BCUT2D eigenvalue weighted by Gasteiger charge is -2.41. The van der Waals surface area contributed by atoms with Crippen LogP contribution in [0.15, 0.2) is 91.0 Å². The zero-order chi connectivity index (χ0) is 39.8. The third-order valence-electron chi connectivity index (χ3n) is 8.05. The maximum Gasteiger partial charge on any atom is 0.331 e. The molecule has 1 aliphatic heterocycles. The lowest BCUT2D eigenvalue weighted by atomic mass is 9.99. The van der Waals surface area contributed by atoms with Gasteiger partial charge in [0, 0.05) is 12.2 Å². The number of phenols is 7. The Labute approximate surface area is 311 Å². The van der Waals surface area contributed by atoms with Crippen molar-refractivity contribution in [3.05, 3.63) is 113 Å². The molecule has 16 heteroatoms. The second kappa shape index (κ2) is 17.2. The highest BCUT2D eigenvalue weighted by Gasteiger charge is 2.48. The molecule has 0 amide bonds. The van der Waals surface area contributed by atoms with Gasteiger partial charge in [0.05, 0.1) is 5.56 Å². The van der Waals surface area contributed by atoms with Crippen LogP contribution in [0.5, 0.6) is 46.0 Å². The van der Waals surface area contributed by atoms with E-state index in [4.69, 9.17) is 18.9 Å². The van der Waals surface area contributed by atoms with Gasteiger partial charge in [-0.05, 0) is 83.4 Å². The fourth-order valence-corrected chi connectivity index (χ4v) is 5.09. The van der Waals surface area contributed by atoms with E-state index in [0.29, 0.717) is 11.1 Å². The highest BCUT2D eigenvalue weighted by molar-refractivity contribution is 6.09. The molecule has 5 atom stereocenters. The molecule has 0 spiro atoms. The summed E-state index contributed by atoms with van der Waals surface area (Å²) in [4.78, 5) is 38.2. The number of hydrogen-bond acceptors (Lipinski definition) is 16. The molecular weight excluding hydrogens is 724 g/mol. The minimum Gasteiger partial charge on any atom is -0.508 e. The first-order valence-corrected chi connectivity index (χ1v) is 16.2. The van der Waals surface area contributed by atoms with Crippen LogP contribution in [0.3, 0.4) is 0 Å². The quantitative estimate of drug-likeness (QED) is 0.0434. The van der Waals surface area contributed by atoms with Gasteiger partial charge in [-0.1, -0.05) is 30.3 Å². The molecule has 5 rings (SSSR count). The molecule has 4 aromatic carbocycles. The van der Waals surface area contributed by atoms with Gasteiger partial charge in [-0.25, -0.2) is 9.59 Å². The Morgan fingerprint density at radius 1 is 0.618 bits per heavy atom. The van der Waals surface area contributed by atoms with E-state index in [9.17, 15) is 60.3 Å². The van der Waals surface area contributed by atoms with Gasteiger partial charge in [0.1, 0.15) is 30.7 Å². The van der Waals surface area contributed by atoms with Crippen molar-refractivity contribution < 1.29 is 79.3 Å². The Bertz CT molecular complexity index is 2140. The average Bonchev–Trinajstić information content (AvgIpc) is 3.16.